The lowest BCUT2D eigenvalue weighted by Gasteiger charge is -2.07. The van der Waals surface area contributed by atoms with Crippen molar-refractivity contribution < 1.29 is 4.39 Å². The van der Waals surface area contributed by atoms with Gasteiger partial charge in [-0.3, -0.25) is 15.1 Å². The Morgan fingerprint density at radius 3 is 2.54 bits per heavy atom. The van der Waals surface area contributed by atoms with E-state index in [1.54, 1.807) is 18.5 Å². The number of pyridine rings is 2. The molecule has 5 aromatic heterocycles. The highest BCUT2D eigenvalue weighted by atomic mass is 32.1. The van der Waals surface area contributed by atoms with E-state index in [0.717, 1.165) is 73.5 Å². The van der Waals surface area contributed by atoms with E-state index in [-0.39, 0.29) is 5.13 Å². The zero-order valence-electron chi connectivity index (χ0n) is 20.6. The van der Waals surface area contributed by atoms with Crippen molar-refractivity contribution in [2.24, 2.45) is 0 Å². The minimum absolute atomic E-state index is 0.242. The van der Waals surface area contributed by atoms with E-state index >= 15 is 0 Å². The molecule has 0 fully saturated rings. The number of halogens is 1. The Kier molecular flexibility index (Phi) is 5.92. The zero-order valence-corrected chi connectivity index (χ0v) is 21.5. The average molecular weight is 532 g/mol. The minimum Gasteiger partial charge on any atom is -0.335 e. The lowest BCUT2D eigenvalue weighted by atomic mass is 10.0. The molecule has 0 saturated carbocycles. The van der Waals surface area contributed by atoms with Crippen LogP contribution in [0.3, 0.4) is 0 Å². The van der Waals surface area contributed by atoms with Crippen molar-refractivity contribution in [1.29, 1.82) is 0 Å². The van der Waals surface area contributed by atoms with Gasteiger partial charge in [-0.15, -0.1) is 11.3 Å². The quantitative estimate of drug-likeness (QED) is 0.212. The third-order valence-electron chi connectivity index (χ3n) is 6.65. The van der Waals surface area contributed by atoms with Crippen LogP contribution in [-0.4, -0.2) is 30.1 Å². The van der Waals surface area contributed by atoms with E-state index in [2.05, 4.69) is 60.8 Å². The summed E-state index contributed by atoms with van der Waals surface area (Å²) >= 11 is 1.08. The van der Waals surface area contributed by atoms with Gasteiger partial charge in [0.2, 0.25) is 0 Å². The summed E-state index contributed by atoms with van der Waals surface area (Å²) in [6.07, 6.45) is 7.21. The van der Waals surface area contributed by atoms with Crippen molar-refractivity contribution in [3.63, 3.8) is 0 Å². The molecule has 0 unspecified atom stereocenters. The molecular weight excluding hydrogens is 509 g/mol. The van der Waals surface area contributed by atoms with Crippen LogP contribution >= 0.6 is 11.3 Å². The molecule has 5 heterocycles. The van der Waals surface area contributed by atoms with Gasteiger partial charge >= 0.3 is 0 Å². The topological polar surface area (TPSA) is 95.2 Å². The number of aromatic amines is 2. The van der Waals surface area contributed by atoms with Crippen LogP contribution in [0.5, 0.6) is 0 Å². The van der Waals surface area contributed by atoms with Crippen molar-refractivity contribution >= 4 is 33.3 Å². The van der Waals surface area contributed by atoms with Gasteiger partial charge in [0.25, 0.3) is 0 Å². The first-order valence-electron chi connectivity index (χ1n) is 12.5. The molecule has 3 N–H and O–H groups in total. The largest absolute Gasteiger partial charge is 0.335 e. The third-order valence-corrected chi connectivity index (χ3v) is 7.56. The summed E-state index contributed by atoms with van der Waals surface area (Å²) in [5.74, 6) is 0.622. The fraction of sp³-hybridized carbons (Fsp3) is 0.0667. The van der Waals surface area contributed by atoms with E-state index in [0.29, 0.717) is 11.5 Å². The smallest absolute Gasteiger partial charge is 0.176 e. The molecule has 0 spiro atoms. The van der Waals surface area contributed by atoms with Crippen LogP contribution in [0.25, 0.3) is 55.0 Å². The maximum absolute atomic E-state index is 13.7. The van der Waals surface area contributed by atoms with Gasteiger partial charge in [0.1, 0.15) is 11.2 Å². The van der Waals surface area contributed by atoms with Gasteiger partial charge in [0.05, 0.1) is 17.2 Å². The van der Waals surface area contributed by atoms with Crippen molar-refractivity contribution in [2.45, 2.75) is 13.1 Å². The van der Waals surface area contributed by atoms with Crippen molar-refractivity contribution in [3.05, 3.63) is 108 Å². The molecule has 39 heavy (non-hydrogen) atoms. The highest BCUT2D eigenvalue weighted by Crippen LogP contribution is 2.34. The van der Waals surface area contributed by atoms with Gasteiger partial charge in [-0.05, 0) is 47.0 Å². The molecule has 0 atom stereocenters. The molecule has 0 saturated heterocycles. The molecule has 2 aromatic carbocycles. The van der Waals surface area contributed by atoms with Gasteiger partial charge in [0.15, 0.2) is 11.0 Å². The Hall–Kier alpha value is -4.73. The normalized spacial score (nSPS) is 11.5. The van der Waals surface area contributed by atoms with Crippen LogP contribution in [0, 0.1) is 5.13 Å². The first kappa shape index (κ1) is 23.4. The van der Waals surface area contributed by atoms with E-state index in [1.165, 1.54) is 11.6 Å². The maximum Gasteiger partial charge on any atom is 0.176 e. The molecule has 0 bridgehead atoms. The van der Waals surface area contributed by atoms with Crippen LogP contribution in [-0.2, 0) is 13.1 Å². The molecule has 0 aliphatic rings. The Morgan fingerprint density at radius 2 is 1.67 bits per heavy atom. The second-order valence-electron chi connectivity index (χ2n) is 9.28. The summed E-state index contributed by atoms with van der Waals surface area (Å²) < 4.78 is 13.7. The number of fused-ring (bicyclic) bond motifs is 2. The van der Waals surface area contributed by atoms with Crippen LogP contribution in [0.1, 0.15) is 11.1 Å². The predicted octanol–water partition coefficient (Wildman–Crippen LogP) is 6.72. The number of hydrogen-bond acceptors (Lipinski definition) is 6. The Labute approximate surface area is 226 Å². The van der Waals surface area contributed by atoms with Gasteiger partial charge < -0.3 is 10.3 Å². The van der Waals surface area contributed by atoms with E-state index in [1.807, 2.05) is 36.7 Å². The monoisotopic (exact) mass is 531 g/mol. The lowest BCUT2D eigenvalue weighted by Crippen LogP contribution is -2.12. The van der Waals surface area contributed by atoms with Crippen molar-refractivity contribution in [2.75, 3.05) is 0 Å². The Balaban J connectivity index is 1.20. The summed E-state index contributed by atoms with van der Waals surface area (Å²) in [7, 11) is 0. The number of nitrogens with zero attached hydrogens (tertiary/aromatic N) is 4. The Morgan fingerprint density at radius 1 is 0.795 bits per heavy atom. The fourth-order valence-electron chi connectivity index (χ4n) is 4.75. The number of hydrogen-bond donors (Lipinski definition) is 3. The molecule has 0 amide bonds. The number of nitrogens with one attached hydrogen (secondary N) is 3. The number of imidazole rings is 1. The molecular formula is C30H22FN7S. The highest BCUT2D eigenvalue weighted by Gasteiger charge is 2.17. The Bertz CT molecular complexity index is 1920. The fourth-order valence-corrected chi connectivity index (χ4v) is 5.49. The first-order chi connectivity index (χ1) is 19.2. The second-order valence-corrected chi connectivity index (χ2v) is 10.3. The maximum atomic E-state index is 13.7. The minimum atomic E-state index is -0.242. The standard InChI is InChI=1S/C30H22FN7S/c31-27-9-8-26(39-27)23-16-34-17-25-28(23)36-30(35-25)29-22-11-20(6-7-24(22)37-38-29)21-10-19(14-33-15-21)13-32-12-18-4-2-1-3-5-18/h1-11,14-17,32H,12-13H2,(H,35,36)(H,37,38). The van der Waals surface area contributed by atoms with Crippen LogP contribution in [0.2, 0.25) is 0 Å². The summed E-state index contributed by atoms with van der Waals surface area (Å²) in [4.78, 5) is 17.8. The van der Waals surface area contributed by atoms with E-state index in [9.17, 15) is 4.39 Å². The molecule has 0 radical (unpaired) electrons. The van der Waals surface area contributed by atoms with Crippen LogP contribution < -0.4 is 5.32 Å². The molecule has 9 heteroatoms. The summed E-state index contributed by atoms with van der Waals surface area (Å²) in [5.41, 5.74) is 8.31. The lowest BCUT2D eigenvalue weighted by molar-refractivity contribution is 0.657. The number of H-pyrrole nitrogens is 2. The molecule has 7 aromatic rings. The van der Waals surface area contributed by atoms with E-state index in [4.69, 9.17) is 4.98 Å². The summed E-state index contributed by atoms with van der Waals surface area (Å²) in [6.45, 7) is 1.52. The van der Waals surface area contributed by atoms with Crippen LogP contribution in [0.15, 0.2) is 91.5 Å². The molecule has 0 aliphatic heterocycles. The second kappa shape index (κ2) is 9.86. The summed E-state index contributed by atoms with van der Waals surface area (Å²) in [5, 5.41) is 11.9. The third kappa shape index (κ3) is 4.58. The first-order valence-corrected chi connectivity index (χ1v) is 13.3. The summed E-state index contributed by atoms with van der Waals surface area (Å²) in [6, 6.07) is 21.9. The SMILES string of the molecule is Fc1ccc(-c2cncc3[nH]c(-c4n[nH]c5ccc(-c6cncc(CNCc7ccccc7)c6)cc45)nc23)s1. The average Bonchev–Trinajstić information content (AvgIpc) is 3.71. The van der Waals surface area contributed by atoms with Gasteiger partial charge in [0, 0.05) is 53.1 Å². The molecule has 0 aliphatic carbocycles. The molecule has 190 valence electrons. The van der Waals surface area contributed by atoms with E-state index < -0.39 is 0 Å². The van der Waals surface area contributed by atoms with Crippen molar-refractivity contribution in [3.8, 4) is 33.1 Å². The number of thiophene rings is 1. The molecule has 7 rings (SSSR count). The predicted molar refractivity (Wildman–Crippen MR) is 152 cm³/mol. The number of benzene rings is 2. The zero-order chi connectivity index (χ0) is 26.2. The van der Waals surface area contributed by atoms with Gasteiger partial charge in [-0.1, -0.05) is 36.4 Å². The highest BCUT2D eigenvalue weighted by molar-refractivity contribution is 7.14. The van der Waals surface area contributed by atoms with Crippen molar-refractivity contribution in [1.82, 2.24) is 35.5 Å². The number of aromatic nitrogens is 6. The number of rotatable bonds is 7. The van der Waals surface area contributed by atoms with Gasteiger partial charge in [-0.25, -0.2) is 4.98 Å². The van der Waals surface area contributed by atoms with Gasteiger partial charge in [-0.2, -0.15) is 9.49 Å². The molecule has 7 nitrogen and oxygen atoms in total. The van der Waals surface area contributed by atoms with Crippen LogP contribution in [0.4, 0.5) is 4.39 Å².